The molecule has 2 N–H and O–H groups in total. The number of halogens is 1. The van der Waals surface area contributed by atoms with Crippen LogP contribution in [-0.2, 0) is 10.0 Å². The number of aryl methyl sites for hydroxylation is 1. The SMILES string of the molecule is COc1nc(C)nc(NC(=O)NS(=O)(=O)c2ccccc2I)n1.[Li]. The number of aromatic nitrogens is 3. The van der Waals surface area contributed by atoms with E-state index in [1.54, 1.807) is 25.1 Å². The van der Waals surface area contributed by atoms with E-state index >= 15 is 0 Å². The first-order valence-corrected chi connectivity index (χ1v) is 8.73. The molecule has 0 atom stereocenters. The number of benzene rings is 1. The summed E-state index contributed by atoms with van der Waals surface area (Å²) in [7, 11) is -2.65. The number of nitrogens with one attached hydrogen (secondary N) is 2. The van der Waals surface area contributed by atoms with Crippen molar-refractivity contribution in [3.8, 4) is 6.01 Å². The Morgan fingerprint density at radius 3 is 2.50 bits per heavy atom. The zero-order valence-corrected chi connectivity index (χ0v) is 16.0. The van der Waals surface area contributed by atoms with Crippen LogP contribution in [-0.4, -0.2) is 55.4 Å². The maximum atomic E-state index is 12.2. The number of carbonyl (C=O) groups is 1. The molecule has 0 saturated heterocycles. The summed E-state index contributed by atoms with van der Waals surface area (Å²) in [6, 6.07) is 5.29. The summed E-state index contributed by atoms with van der Waals surface area (Å²) in [4.78, 5) is 23.4. The van der Waals surface area contributed by atoms with Gasteiger partial charge in [0.1, 0.15) is 10.7 Å². The zero-order valence-electron chi connectivity index (χ0n) is 13.1. The second-order valence-corrected chi connectivity index (χ2v) is 7.00. The van der Waals surface area contributed by atoms with Crippen molar-refractivity contribution in [1.29, 1.82) is 0 Å². The molecule has 0 bridgehead atoms. The van der Waals surface area contributed by atoms with Crippen LogP contribution in [0.15, 0.2) is 29.2 Å². The van der Waals surface area contributed by atoms with Crippen molar-refractivity contribution >= 4 is 63.5 Å². The normalized spacial score (nSPS) is 10.5. The number of carbonyl (C=O) groups excluding carboxylic acids is 1. The summed E-state index contributed by atoms with van der Waals surface area (Å²) < 4.78 is 31.6. The third-order valence-corrected chi connectivity index (χ3v) is 5.18. The number of rotatable bonds is 4. The number of methoxy groups -OCH3 is 1. The Labute approximate surface area is 164 Å². The quantitative estimate of drug-likeness (QED) is 0.518. The van der Waals surface area contributed by atoms with Crippen LogP contribution in [0.5, 0.6) is 6.01 Å². The van der Waals surface area contributed by atoms with E-state index in [4.69, 9.17) is 4.74 Å². The molecule has 2 rings (SSSR count). The molecular weight excluding hydrogens is 444 g/mol. The fraction of sp³-hybridized carbons (Fsp3) is 0.167. The zero-order chi connectivity index (χ0) is 17.0. The van der Waals surface area contributed by atoms with Gasteiger partial charge >= 0.3 is 12.0 Å². The van der Waals surface area contributed by atoms with Crippen LogP contribution in [0.4, 0.5) is 10.7 Å². The Morgan fingerprint density at radius 2 is 1.88 bits per heavy atom. The van der Waals surface area contributed by atoms with Gasteiger partial charge in [-0.15, -0.1) is 0 Å². The van der Waals surface area contributed by atoms with Crippen molar-refractivity contribution in [2.75, 3.05) is 12.4 Å². The van der Waals surface area contributed by atoms with Crippen molar-refractivity contribution in [2.24, 2.45) is 0 Å². The van der Waals surface area contributed by atoms with Crippen LogP contribution in [0.2, 0.25) is 0 Å². The van der Waals surface area contributed by atoms with Gasteiger partial charge in [-0.05, 0) is 41.6 Å². The number of hydrogen-bond acceptors (Lipinski definition) is 7. The van der Waals surface area contributed by atoms with Crippen LogP contribution in [0, 0.1) is 10.5 Å². The molecule has 1 heterocycles. The molecule has 123 valence electrons. The summed E-state index contributed by atoms with van der Waals surface area (Å²) in [6.07, 6.45) is 0. The maximum Gasteiger partial charge on any atom is 0.335 e. The summed E-state index contributed by atoms with van der Waals surface area (Å²) >= 11 is 1.87. The Balaban J connectivity index is 0.00000288. The molecule has 24 heavy (non-hydrogen) atoms. The molecule has 1 radical (unpaired) electrons. The van der Waals surface area contributed by atoms with Crippen LogP contribution < -0.4 is 14.8 Å². The molecule has 0 spiro atoms. The molecule has 0 saturated carbocycles. The molecule has 1 aromatic carbocycles. The van der Waals surface area contributed by atoms with E-state index in [2.05, 4.69) is 20.3 Å². The number of anilines is 1. The molecule has 0 aliphatic carbocycles. The van der Waals surface area contributed by atoms with Gasteiger partial charge < -0.3 is 4.74 Å². The summed E-state index contributed by atoms with van der Waals surface area (Å²) in [5, 5.41) is 2.23. The van der Waals surface area contributed by atoms with Crippen molar-refractivity contribution in [3.05, 3.63) is 33.7 Å². The molecule has 2 aromatic rings. The third kappa shape index (κ3) is 5.30. The van der Waals surface area contributed by atoms with Crippen LogP contribution in [0.1, 0.15) is 5.82 Å². The van der Waals surface area contributed by atoms with Crippen LogP contribution in [0.25, 0.3) is 0 Å². The van der Waals surface area contributed by atoms with E-state index < -0.39 is 16.1 Å². The fourth-order valence-corrected chi connectivity index (χ4v) is 3.82. The predicted molar refractivity (Wildman–Crippen MR) is 95.4 cm³/mol. The fourth-order valence-electron chi connectivity index (χ4n) is 1.57. The van der Waals surface area contributed by atoms with Gasteiger partial charge in [0.25, 0.3) is 10.0 Å². The van der Waals surface area contributed by atoms with E-state index in [0.29, 0.717) is 9.39 Å². The molecule has 12 heteroatoms. The molecule has 0 unspecified atom stereocenters. The molecule has 9 nitrogen and oxygen atoms in total. The van der Waals surface area contributed by atoms with Crippen LogP contribution >= 0.6 is 22.6 Å². The van der Waals surface area contributed by atoms with Gasteiger partial charge in [-0.3, -0.25) is 5.32 Å². The second-order valence-electron chi connectivity index (χ2n) is 4.18. The van der Waals surface area contributed by atoms with Gasteiger partial charge in [-0.25, -0.2) is 17.9 Å². The first-order chi connectivity index (χ1) is 10.8. The smallest absolute Gasteiger partial charge is 0.335 e. The first-order valence-electron chi connectivity index (χ1n) is 6.17. The van der Waals surface area contributed by atoms with Crippen molar-refractivity contribution in [2.45, 2.75) is 11.8 Å². The summed E-state index contributed by atoms with van der Waals surface area (Å²) in [5.41, 5.74) is 0. The molecular formula is C12H12ILiN5O4S. The minimum atomic E-state index is -4.01. The Morgan fingerprint density at radius 1 is 1.21 bits per heavy atom. The first kappa shape index (κ1) is 20.6. The number of urea groups is 1. The second kappa shape index (κ2) is 8.61. The van der Waals surface area contributed by atoms with E-state index in [0.717, 1.165) is 0 Å². The average molecular weight is 456 g/mol. The minimum absolute atomic E-state index is 0. The number of hydrogen-bond donors (Lipinski definition) is 2. The Kier molecular flexibility index (Phi) is 7.40. The van der Waals surface area contributed by atoms with Crippen molar-refractivity contribution in [1.82, 2.24) is 19.7 Å². The largest absolute Gasteiger partial charge is 0.467 e. The third-order valence-electron chi connectivity index (χ3n) is 2.49. The van der Waals surface area contributed by atoms with E-state index in [1.165, 1.54) is 13.2 Å². The van der Waals surface area contributed by atoms with Gasteiger partial charge in [0.05, 0.1) is 7.11 Å². The number of nitrogens with zero attached hydrogens (tertiary/aromatic N) is 3. The van der Waals surface area contributed by atoms with E-state index in [-0.39, 0.29) is 35.7 Å². The maximum absolute atomic E-state index is 12.2. The summed E-state index contributed by atoms with van der Waals surface area (Å²) in [6.45, 7) is 1.58. The Hall–Kier alpha value is -1.42. The monoisotopic (exact) mass is 456 g/mol. The van der Waals surface area contributed by atoms with E-state index in [9.17, 15) is 13.2 Å². The summed E-state index contributed by atoms with van der Waals surface area (Å²) in [5.74, 6) is 0.192. The van der Waals surface area contributed by atoms with Crippen LogP contribution in [0.3, 0.4) is 0 Å². The average Bonchev–Trinajstić information content (AvgIpc) is 2.46. The van der Waals surface area contributed by atoms with Gasteiger partial charge in [0.15, 0.2) is 0 Å². The minimum Gasteiger partial charge on any atom is -0.467 e. The topological polar surface area (TPSA) is 123 Å². The number of sulfonamides is 1. The molecule has 0 aliphatic heterocycles. The van der Waals surface area contributed by atoms with Crippen molar-refractivity contribution < 1.29 is 17.9 Å². The van der Waals surface area contributed by atoms with Crippen molar-refractivity contribution in [3.63, 3.8) is 0 Å². The Bertz CT molecular complexity index is 849. The standard InChI is InChI=1S/C12H12IN5O4S.Li/c1-7-14-10(17-12(15-7)22-2)16-11(19)18-23(20,21)9-6-4-3-5-8(9)13;/h3-6H,1-2H3,(H2,14,15,16,17,18,19);. The molecule has 1 aromatic heterocycles. The molecule has 0 aliphatic rings. The molecule has 0 fully saturated rings. The van der Waals surface area contributed by atoms with Gasteiger partial charge in [0, 0.05) is 22.4 Å². The number of amides is 2. The molecule has 2 amide bonds. The number of ether oxygens (including phenoxy) is 1. The predicted octanol–water partition coefficient (Wildman–Crippen LogP) is 0.923. The van der Waals surface area contributed by atoms with E-state index in [1.807, 2.05) is 27.3 Å². The van der Waals surface area contributed by atoms with Gasteiger partial charge in [-0.2, -0.15) is 15.0 Å². The van der Waals surface area contributed by atoms with Gasteiger partial charge in [0.2, 0.25) is 5.95 Å². The van der Waals surface area contributed by atoms with Gasteiger partial charge in [-0.1, -0.05) is 12.1 Å².